The van der Waals surface area contributed by atoms with Crippen LogP contribution in [0.25, 0.3) is 0 Å². The first-order valence-corrected chi connectivity index (χ1v) is 6.83. The first-order valence-electron chi connectivity index (χ1n) is 5.26. The highest BCUT2D eigenvalue weighted by Crippen LogP contribution is 2.13. The van der Waals surface area contributed by atoms with Crippen LogP contribution in [-0.4, -0.2) is 27.9 Å². The average molecular weight is 341 g/mol. The van der Waals surface area contributed by atoms with Crippen LogP contribution in [-0.2, 0) is 4.79 Å². The molecule has 0 unspecified atom stereocenters. The van der Waals surface area contributed by atoms with Gasteiger partial charge in [0.25, 0.3) is 5.91 Å². The minimum atomic E-state index is -0.360. The predicted octanol–water partition coefficient (Wildman–Crippen LogP) is 1.67. The van der Waals surface area contributed by atoms with Gasteiger partial charge in [0.2, 0.25) is 5.91 Å². The fraction of sp³-hybridized carbons (Fsp3) is 0.0909. The standard InChI is InChI=1S/C11H9BrN4O2S/c12-7-1-3-8(4-2-7)15-10(17)6-13-11(18)9-5-14-16-19-9/h1-5H,6H2,(H,13,18)(H,15,17). The second kappa shape index (κ2) is 6.39. The van der Waals surface area contributed by atoms with Gasteiger partial charge >= 0.3 is 0 Å². The maximum atomic E-state index is 11.6. The molecule has 0 saturated heterocycles. The van der Waals surface area contributed by atoms with Crippen molar-refractivity contribution in [2.24, 2.45) is 0 Å². The number of carbonyl (C=O) groups is 2. The third-order valence-corrected chi connectivity index (χ3v) is 3.31. The van der Waals surface area contributed by atoms with E-state index in [2.05, 4.69) is 36.2 Å². The number of rotatable bonds is 4. The van der Waals surface area contributed by atoms with E-state index in [0.717, 1.165) is 16.0 Å². The van der Waals surface area contributed by atoms with Gasteiger partial charge in [-0.05, 0) is 35.8 Å². The van der Waals surface area contributed by atoms with Gasteiger partial charge in [-0.2, -0.15) is 0 Å². The van der Waals surface area contributed by atoms with E-state index in [0.29, 0.717) is 10.6 Å². The predicted molar refractivity (Wildman–Crippen MR) is 75.0 cm³/mol. The topological polar surface area (TPSA) is 84.0 Å². The van der Waals surface area contributed by atoms with Crippen molar-refractivity contribution in [1.82, 2.24) is 14.9 Å². The van der Waals surface area contributed by atoms with E-state index in [-0.39, 0.29) is 18.4 Å². The van der Waals surface area contributed by atoms with Crippen molar-refractivity contribution < 1.29 is 9.59 Å². The molecule has 0 atom stereocenters. The summed E-state index contributed by atoms with van der Waals surface area (Å²) in [6.07, 6.45) is 1.35. The molecule has 0 saturated carbocycles. The summed E-state index contributed by atoms with van der Waals surface area (Å²) in [6, 6.07) is 7.15. The number of amides is 2. The van der Waals surface area contributed by atoms with Crippen LogP contribution in [0.15, 0.2) is 34.9 Å². The van der Waals surface area contributed by atoms with E-state index in [9.17, 15) is 9.59 Å². The molecule has 8 heteroatoms. The molecule has 1 aromatic heterocycles. The van der Waals surface area contributed by atoms with Gasteiger partial charge in [0.15, 0.2) is 0 Å². The fourth-order valence-corrected chi connectivity index (χ4v) is 1.95. The number of aromatic nitrogens is 2. The maximum absolute atomic E-state index is 11.6. The summed E-state index contributed by atoms with van der Waals surface area (Å²) >= 11 is 4.28. The lowest BCUT2D eigenvalue weighted by atomic mass is 10.3. The van der Waals surface area contributed by atoms with Crippen LogP contribution in [0, 0.1) is 0 Å². The summed E-state index contributed by atoms with van der Waals surface area (Å²) in [5, 5.41) is 8.70. The van der Waals surface area contributed by atoms with Crippen molar-refractivity contribution >= 4 is 45.0 Å². The summed E-state index contributed by atoms with van der Waals surface area (Å²) in [7, 11) is 0. The van der Waals surface area contributed by atoms with Crippen molar-refractivity contribution in [1.29, 1.82) is 0 Å². The molecule has 2 N–H and O–H groups in total. The molecule has 0 aliphatic carbocycles. The van der Waals surface area contributed by atoms with E-state index in [1.807, 2.05) is 12.1 Å². The molecule has 2 aromatic rings. The number of hydrogen-bond acceptors (Lipinski definition) is 5. The number of carbonyl (C=O) groups excluding carboxylic acids is 2. The number of nitrogens with one attached hydrogen (secondary N) is 2. The first-order chi connectivity index (χ1) is 9.15. The van der Waals surface area contributed by atoms with Crippen molar-refractivity contribution in [3.63, 3.8) is 0 Å². The van der Waals surface area contributed by atoms with Gasteiger partial charge in [0.05, 0.1) is 12.7 Å². The molecule has 0 aliphatic heterocycles. The van der Waals surface area contributed by atoms with Crippen molar-refractivity contribution in [2.45, 2.75) is 0 Å². The fourth-order valence-electron chi connectivity index (χ4n) is 1.25. The monoisotopic (exact) mass is 340 g/mol. The second-order valence-electron chi connectivity index (χ2n) is 3.52. The Morgan fingerprint density at radius 3 is 2.63 bits per heavy atom. The van der Waals surface area contributed by atoms with Crippen molar-refractivity contribution in [3.8, 4) is 0 Å². The quantitative estimate of drug-likeness (QED) is 0.886. The summed E-state index contributed by atoms with van der Waals surface area (Å²) in [6.45, 7) is -0.104. The van der Waals surface area contributed by atoms with Crippen LogP contribution >= 0.6 is 27.5 Å². The Morgan fingerprint density at radius 2 is 2.00 bits per heavy atom. The highest BCUT2D eigenvalue weighted by atomic mass is 79.9. The van der Waals surface area contributed by atoms with Gasteiger partial charge in [0, 0.05) is 10.2 Å². The molecule has 0 bridgehead atoms. The minimum absolute atomic E-state index is 0.104. The van der Waals surface area contributed by atoms with Crippen LogP contribution in [0.5, 0.6) is 0 Å². The van der Waals surface area contributed by atoms with Gasteiger partial charge in [-0.25, -0.2) is 0 Å². The van der Waals surface area contributed by atoms with Crippen LogP contribution < -0.4 is 10.6 Å². The molecular weight excluding hydrogens is 332 g/mol. The molecule has 0 aliphatic rings. The lowest BCUT2D eigenvalue weighted by Crippen LogP contribution is -2.32. The Kier molecular flexibility index (Phi) is 4.58. The van der Waals surface area contributed by atoms with Crippen LogP contribution in [0.2, 0.25) is 0 Å². The first kappa shape index (κ1) is 13.6. The van der Waals surface area contributed by atoms with Gasteiger partial charge in [-0.15, -0.1) is 5.10 Å². The maximum Gasteiger partial charge on any atom is 0.265 e. The lowest BCUT2D eigenvalue weighted by Gasteiger charge is -2.06. The lowest BCUT2D eigenvalue weighted by molar-refractivity contribution is -0.115. The van der Waals surface area contributed by atoms with Gasteiger partial charge in [0.1, 0.15) is 4.88 Å². The Bertz CT molecular complexity index is 571. The zero-order valence-corrected chi connectivity index (χ0v) is 12.0. The van der Waals surface area contributed by atoms with E-state index < -0.39 is 0 Å². The molecule has 98 valence electrons. The smallest absolute Gasteiger partial charge is 0.265 e. The molecule has 6 nitrogen and oxygen atoms in total. The highest BCUT2D eigenvalue weighted by Gasteiger charge is 2.10. The second-order valence-corrected chi connectivity index (χ2v) is 5.22. The summed E-state index contributed by atoms with van der Waals surface area (Å²) < 4.78 is 4.50. The summed E-state index contributed by atoms with van der Waals surface area (Å²) in [4.78, 5) is 23.5. The molecule has 1 heterocycles. The molecule has 19 heavy (non-hydrogen) atoms. The van der Waals surface area contributed by atoms with Crippen LogP contribution in [0.4, 0.5) is 5.69 Å². The summed E-state index contributed by atoms with van der Waals surface area (Å²) in [5.74, 6) is -0.658. The van der Waals surface area contributed by atoms with Gasteiger partial charge < -0.3 is 10.6 Å². The van der Waals surface area contributed by atoms with E-state index in [1.54, 1.807) is 12.1 Å². The van der Waals surface area contributed by atoms with Crippen molar-refractivity contribution in [3.05, 3.63) is 39.8 Å². The molecule has 1 aromatic carbocycles. The van der Waals surface area contributed by atoms with Gasteiger partial charge in [-0.3, -0.25) is 9.59 Å². The SMILES string of the molecule is O=C(CNC(=O)c1cnns1)Nc1ccc(Br)cc1. The summed E-state index contributed by atoms with van der Waals surface area (Å²) in [5.41, 5.74) is 0.668. The Balaban J connectivity index is 1.82. The largest absolute Gasteiger partial charge is 0.342 e. The zero-order chi connectivity index (χ0) is 13.7. The Morgan fingerprint density at radius 1 is 1.26 bits per heavy atom. The Hall–Kier alpha value is -1.80. The van der Waals surface area contributed by atoms with E-state index in [4.69, 9.17) is 0 Å². The molecule has 0 fully saturated rings. The van der Waals surface area contributed by atoms with E-state index in [1.165, 1.54) is 6.20 Å². The molecule has 0 radical (unpaired) electrons. The third-order valence-electron chi connectivity index (χ3n) is 2.12. The third kappa shape index (κ3) is 4.11. The number of nitrogens with zero attached hydrogens (tertiary/aromatic N) is 2. The number of anilines is 1. The molecule has 2 rings (SSSR count). The zero-order valence-electron chi connectivity index (χ0n) is 9.59. The average Bonchev–Trinajstić information content (AvgIpc) is 2.93. The van der Waals surface area contributed by atoms with E-state index >= 15 is 0 Å². The molecular formula is C11H9BrN4O2S. The molecule has 0 spiro atoms. The normalized spacial score (nSPS) is 9.95. The van der Waals surface area contributed by atoms with Gasteiger partial charge in [-0.1, -0.05) is 20.4 Å². The number of benzene rings is 1. The number of hydrogen-bond donors (Lipinski definition) is 2. The van der Waals surface area contributed by atoms with Crippen molar-refractivity contribution in [2.75, 3.05) is 11.9 Å². The number of halogens is 1. The van der Waals surface area contributed by atoms with Crippen LogP contribution in [0.1, 0.15) is 9.67 Å². The highest BCUT2D eigenvalue weighted by molar-refractivity contribution is 9.10. The Labute approximate surface area is 121 Å². The molecule has 2 amide bonds. The minimum Gasteiger partial charge on any atom is -0.342 e. The van der Waals surface area contributed by atoms with Crippen LogP contribution in [0.3, 0.4) is 0 Å².